The highest BCUT2D eigenvalue weighted by Crippen LogP contribution is 2.29. The highest BCUT2D eigenvalue weighted by Gasteiger charge is 2.07. The Kier molecular flexibility index (Phi) is 4.54. The maximum atomic E-state index is 4.08. The fraction of sp³-hybridized carbons (Fsp3) is 0.350. The molecule has 0 bridgehead atoms. The molecule has 1 atom stereocenters. The van der Waals surface area contributed by atoms with E-state index in [1.165, 1.54) is 34.2 Å². The van der Waals surface area contributed by atoms with Crippen molar-refractivity contribution in [3.8, 4) is 11.1 Å². The number of hydrogen-bond donors (Lipinski definition) is 0. The molecule has 0 aliphatic carbocycles. The Morgan fingerprint density at radius 2 is 1.65 bits per heavy atom. The van der Waals surface area contributed by atoms with Gasteiger partial charge in [-0.15, -0.1) is 5.56 Å². The van der Waals surface area contributed by atoms with Crippen molar-refractivity contribution in [2.45, 2.75) is 46.5 Å². The van der Waals surface area contributed by atoms with E-state index in [2.05, 4.69) is 71.0 Å². The van der Waals surface area contributed by atoms with E-state index in [-0.39, 0.29) is 0 Å². The lowest BCUT2D eigenvalue weighted by atomic mass is 9.91. The molecule has 0 amide bonds. The average Bonchev–Trinajstić information content (AvgIpc) is 2.44. The van der Waals surface area contributed by atoms with Gasteiger partial charge >= 0.3 is 0 Å². The van der Waals surface area contributed by atoms with Gasteiger partial charge in [-0.2, -0.15) is 24.6 Å². The van der Waals surface area contributed by atoms with Crippen molar-refractivity contribution in [3.63, 3.8) is 0 Å². The van der Waals surface area contributed by atoms with Crippen molar-refractivity contribution < 1.29 is 0 Å². The molecule has 2 rings (SSSR count). The standard InChI is InChI=1S/C20H25/c1-6-16(5)18-11-17(7-2)12-20(13-18)19-9-14(3)8-15(4)10-19/h8-13,16H,3,6-7H2,1-2,4-5H3/q-1. The van der Waals surface area contributed by atoms with Crippen LogP contribution in [-0.2, 0) is 6.42 Å². The SMILES string of the molecule is [CH2-]c1cc(C)cc(-c2cc(CC)cc(C(C)CC)c2)c1. The van der Waals surface area contributed by atoms with Gasteiger partial charge in [0.1, 0.15) is 0 Å². The molecule has 0 aliphatic heterocycles. The first-order chi connectivity index (χ1) is 9.53. The Bertz CT molecular complexity index is 573. The third kappa shape index (κ3) is 3.25. The van der Waals surface area contributed by atoms with E-state index in [4.69, 9.17) is 0 Å². The van der Waals surface area contributed by atoms with Gasteiger partial charge in [0.05, 0.1) is 0 Å². The first kappa shape index (κ1) is 14.7. The van der Waals surface area contributed by atoms with Crippen molar-refractivity contribution in [3.05, 3.63) is 65.6 Å². The molecular weight excluding hydrogens is 240 g/mol. The smallest absolute Gasteiger partial charge is 0.0193 e. The summed E-state index contributed by atoms with van der Waals surface area (Å²) in [5, 5.41) is 0. The molecule has 1 unspecified atom stereocenters. The van der Waals surface area contributed by atoms with Crippen LogP contribution in [0.3, 0.4) is 0 Å². The molecule has 0 heteroatoms. The fourth-order valence-electron chi connectivity index (χ4n) is 2.64. The molecule has 106 valence electrons. The third-order valence-electron chi connectivity index (χ3n) is 4.08. The summed E-state index contributed by atoms with van der Waals surface area (Å²) in [4.78, 5) is 0. The van der Waals surface area contributed by atoms with Gasteiger partial charge in [-0.25, -0.2) is 0 Å². The molecule has 0 spiro atoms. The number of benzene rings is 2. The van der Waals surface area contributed by atoms with E-state index in [0.29, 0.717) is 5.92 Å². The zero-order valence-corrected chi connectivity index (χ0v) is 13.2. The van der Waals surface area contributed by atoms with Gasteiger partial charge in [-0.3, -0.25) is 0 Å². The van der Waals surface area contributed by atoms with Crippen LogP contribution in [0.4, 0.5) is 0 Å². The van der Waals surface area contributed by atoms with Crippen LogP contribution in [0, 0.1) is 13.8 Å². The van der Waals surface area contributed by atoms with Crippen LogP contribution in [-0.4, -0.2) is 0 Å². The molecule has 0 saturated carbocycles. The first-order valence-electron chi connectivity index (χ1n) is 7.61. The summed E-state index contributed by atoms with van der Waals surface area (Å²) in [5.41, 5.74) is 7.86. The van der Waals surface area contributed by atoms with Crippen molar-refractivity contribution in [2.75, 3.05) is 0 Å². The molecule has 0 nitrogen and oxygen atoms in total. The molecule has 0 aromatic heterocycles. The van der Waals surface area contributed by atoms with E-state index < -0.39 is 0 Å². The van der Waals surface area contributed by atoms with Crippen LogP contribution < -0.4 is 0 Å². The lowest BCUT2D eigenvalue weighted by Gasteiger charge is -2.16. The summed E-state index contributed by atoms with van der Waals surface area (Å²) in [6.45, 7) is 13.0. The molecule has 0 heterocycles. The maximum Gasteiger partial charge on any atom is -0.0193 e. The zero-order chi connectivity index (χ0) is 14.7. The summed E-state index contributed by atoms with van der Waals surface area (Å²) in [5.74, 6) is 0.615. The molecule has 0 aliphatic rings. The van der Waals surface area contributed by atoms with E-state index in [9.17, 15) is 0 Å². The summed E-state index contributed by atoms with van der Waals surface area (Å²) in [6.07, 6.45) is 2.27. The molecule has 0 N–H and O–H groups in total. The van der Waals surface area contributed by atoms with Crippen LogP contribution in [0.25, 0.3) is 11.1 Å². The zero-order valence-electron chi connectivity index (χ0n) is 13.2. The van der Waals surface area contributed by atoms with E-state index in [1.54, 1.807) is 0 Å². The second-order valence-electron chi connectivity index (χ2n) is 5.83. The highest BCUT2D eigenvalue weighted by atomic mass is 14.1. The predicted molar refractivity (Wildman–Crippen MR) is 89.2 cm³/mol. The van der Waals surface area contributed by atoms with E-state index in [0.717, 1.165) is 12.0 Å². The molecule has 0 fully saturated rings. The second-order valence-corrected chi connectivity index (χ2v) is 5.83. The summed E-state index contributed by atoms with van der Waals surface area (Å²) < 4.78 is 0. The molecule has 2 aromatic rings. The van der Waals surface area contributed by atoms with Gasteiger partial charge in [-0.1, -0.05) is 57.5 Å². The average molecular weight is 265 g/mol. The van der Waals surface area contributed by atoms with Crippen molar-refractivity contribution in [1.29, 1.82) is 0 Å². The quantitative estimate of drug-likeness (QED) is 0.602. The molecule has 20 heavy (non-hydrogen) atoms. The van der Waals surface area contributed by atoms with Crippen LogP contribution >= 0.6 is 0 Å². The van der Waals surface area contributed by atoms with Crippen molar-refractivity contribution >= 4 is 0 Å². The summed E-state index contributed by atoms with van der Waals surface area (Å²) >= 11 is 0. The first-order valence-corrected chi connectivity index (χ1v) is 7.61. The molecule has 0 saturated heterocycles. The van der Waals surface area contributed by atoms with Crippen LogP contribution in [0.1, 0.15) is 55.4 Å². The Hall–Kier alpha value is -1.69. The molecular formula is C20H25-. The minimum Gasteiger partial charge on any atom is -0.199 e. The number of aryl methyl sites for hydroxylation is 2. The van der Waals surface area contributed by atoms with Crippen LogP contribution in [0.15, 0.2) is 36.4 Å². The topological polar surface area (TPSA) is 0 Å². The highest BCUT2D eigenvalue weighted by molar-refractivity contribution is 5.67. The summed E-state index contributed by atoms with van der Waals surface area (Å²) in [7, 11) is 0. The largest absolute Gasteiger partial charge is 0.199 e. The van der Waals surface area contributed by atoms with Gasteiger partial charge in [-0.05, 0) is 35.4 Å². The van der Waals surface area contributed by atoms with Gasteiger partial charge < -0.3 is 0 Å². The minimum atomic E-state index is 0.615. The predicted octanol–water partition coefficient (Wildman–Crippen LogP) is 5.92. The third-order valence-corrected chi connectivity index (χ3v) is 4.08. The van der Waals surface area contributed by atoms with Gasteiger partial charge in [0.2, 0.25) is 0 Å². The monoisotopic (exact) mass is 265 g/mol. The Balaban J connectivity index is 2.54. The van der Waals surface area contributed by atoms with Crippen molar-refractivity contribution in [2.24, 2.45) is 0 Å². The lowest BCUT2D eigenvalue weighted by molar-refractivity contribution is 0.732. The van der Waals surface area contributed by atoms with E-state index >= 15 is 0 Å². The number of rotatable bonds is 4. The van der Waals surface area contributed by atoms with Gasteiger partial charge in [0.25, 0.3) is 0 Å². The summed E-state index contributed by atoms with van der Waals surface area (Å²) in [6, 6.07) is 13.6. The van der Waals surface area contributed by atoms with Gasteiger partial charge in [0.15, 0.2) is 0 Å². The number of hydrogen-bond acceptors (Lipinski definition) is 0. The maximum absolute atomic E-state index is 4.08. The van der Waals surface area contributed by atoms with Crippen LogP contribution in [0.2, 0.25) is 0 Å². The second kappa shape index (κ2) is 6.17. The fourth-order valence-corrected chi connectivity index (χ4v) is 2.64. The minimum absolute atomic E-state index is 0.615. The normalized spacial score (nSPS) is 12.4. The van der Waals surface area contributed by atoms with Crippen molar-refractivity contribution in [1.82, 2.24) is 0 Å². The van der Waals surface area contributed by atoms with Gasteiger partial charge in [0, 0.05) is 0 Å². The lowest BCUT2D eigenvalue weighted by Crippen LogP contribution is -1.95. The Morgan fingerprint density at radius 1 is 0.950 bits per heavy atom. The molecule has 0 radical (unpaired) electrons. The molecule has 2 aromatic carbocycles. The Morgan fingerprint density at radius 3 is 2.25 bits per heavy atom. The Labute approximate surface area is 123 Å². The van der Waals surface area contributed by atoms with E-state index in [1.807, 2.05) is 0 Å². The van der Waals surface area contributed by atoms with Crippen LogP contribution in [0.5, 0.6) is 0 Å².